The monoisotopic (exact) mass is 206 g/mol. The van der Waals surface area contributed by atoms with Crippen LogP contribution in [-0.2, 0) is 0 Å². The van der Waals surface area contributed by atoms with Crippen molar-refractivity contribution < 1.29 is 0 Å². The van der Waals surface area contributed by atoms with Gasteiger partial charge in [0, 0.05) is 0 Å². The summed E-state index contributed by atoms with van der Waals surface area (Å²) in [5, 5.41) is 0. The van der Waals surface area contributed by atoms with Crippen LogP contribution in [0.2, 0.25) is 0 Å². The molecular formula is C15H26. The molecule has 2 rings (SSSR count). The lowest BCUT2D eigenvalue weighted by molar-refractivity contribution is 0.298. The summed E-state index contributed by atoms with van der Waals surface area (Å²) in [6.45, 7) is 2.44. The molecule has 0 amide bonds. The van der Waals surface area contributed by atoms with E-state index >= 15 is 0 Å². The molecular weight excluding hydrogens is 180 g/mol. The molecule has 0 aromatic rings. The molecule has 2 aliphatic rings. The average molecular weight is 206 g/mol. The average Bonchev–Trinajstić information content (AvgIpc) is 2.59. The Balaban J connectivity index is 1.93. The van der Waals surface area contributed by atoms with Crippen LogP contribution in [0, 0.1) is 17.8 Å². The second-order valence-electron chi connectivity index (χ2n) is 5.76. The van der Waals surface area contributed by atoms with Gasteiger partial charge in [-0.25, -0.2) is 0 Å². The number of rotatable bonds is 1. The van der Waals surface area contributed by atoms with Crippen molar-refractivity contribution in [3.63, 3.8) is 0 Å². The smallest absolute Gasteiger partial charge is 0.0203 e. The van der Waals surface area contributed by atoms with Crippen molar-refractivity contribution >= 4 is 0 Å². The van der Waals surface area contributed by atoms with Gasteiger partial charge in [-0.1, -0.05) is 44.8 Å². The molecule has 2 atom stereocenters. The van der Waals surface area contributed by atoms with Gasteiger partial charge in [0.25, 0.3) is 0 Å². The molecule has 0 radical (unpaired) electrons. The molecule has 0 heterocycles. The molecule has 0 bridgehead atoms. The number of allylic oxidation sites excluding steroid dienone is 2. The Morgan fingerprint density at radius 2 is 1.67 bits per heavy atom. The first-order valence-corrected chi connectivity index (χ1v) is 7.03. The fraction of sp³-hybridized carbons (Fsp3) is 0.867. The van der Waals surface area contributed by atoms with Crippen molar-refractivity contribution in [1.82, 2.24) is 0 Å². The summed E-state index contributed by atoms with van der Waals surface area (Å²) in [5.41, 5.74) is 0. The fourth-order valence-corrected chi connectivity index (χ4v) is 3.40. The van der Waals surface area contributed by atoms with Gasteiger partial charge in [-0.05, 0) is 49.9 Å². The first kappa shape index (κ1) is 11.2. The molecule has 0 heteroatoms. The lowest BCUT2D eigenvalue weighted by Crippen LogP contribution is -2.14. The van der Waals surface area contributed by atoms with Gasteiger partial charge in [0.1, 0.15) is 0 Å². The first-order valence-electron chi connectivity index (χ1n) is 7.03. The van der Waals surface area contributed by atoms with E-state index in [1.165, 1.54) is 57.8 Å². The van der Waals surface area contributed by atoms with Crippen molar-refractivity contribution in [2.45, 2.75) is 64.7 Å². The SMILES string of the molecule is CC1CCC=CC(C2CCCCCC2)C1. The van der Waals surface area contributed by atoms with E-state index < -0.39 is 0 Å². The number of hydrogen-bond acceptors (Lipinski definition) is 0. The highest BCUT2D eigenvalue weighted by Gasteiger charge is 2.23. The first-order chi connectivity index (χ1) is 7.36. The van der Waals surface area contributed by atoms with Gasteiger partial charge in [-0.15, -0.1) is 0 Å². The highest BCUT2D eigenvalue weighted by molar-refractivity contribution is 4.95. The third kappa shape index (κ3) is 3.36. The summed E-state index contributed by atoms with van der Waals surface area (Å²) in [5.74, 6) is 2.89. The lowest BCUT2D eigenvalue weighted by Gasteiger charge is -2.24. The molecule has 2 aliphatic carbocycles. The molecule has 1 fully saturated rings. The van der Waals surface area contributed by atoms with Crippen LogP contribution < -0.4 is 0 Å². The summed E-state index contributed by atoms with van der Waals surface area (Å²) < 4.78 is 0. The van der Waals surface area contributed by atoms with Crippen molar-refractivity contribution in [1.29, 1.82) is 0 Å². The normalized spacial score (nSPS) is 34.7. The van der Waals surface area contributed by atoms with Crippen LogP contribution in [0.5, 0.6) is 0 Å². The zero-order valence-corrected chi connectivity index (χ0v) is 10.3. The standard InChI is InChI=1S/C15H26/c1-13-8-6-7-11-15(12-13)14-9-4-2-3-5-10-14/h7,11,13-15H,2-6,8-10,12H2,1H3. The minimum Gasteiger partial charge on any atom is -0.0882 e. The summed E-state index contributed by atoms with van der Waals surface area (Å²) in [6.07, 6.45) is 18.2. The summed E-state index contributed by atoms with van der Waals surface area (Å²) in [4.78, 5) is 0. The van der Waals surface area contributed by atoms with E-state index in [-0.39, 0.29) is 0 Å². The summed E-state index contributed by atoms with van der Waals surface area (Å²) in [7, 11) is 0. The van der Waals surface area contributed by atoms with Crippen LogP contribution in [0.3, 0.4) is 0 Å². The molecule has 0 aromatic carbocycles. The van der Waals surface area contributed by atoms with E-state index in [2.05, 4.69) is 19.1 Å². The van der Waals surface area contributed by atoms with Gasteiger partial charge in [0.05, 0.1) is 0 Å². The van der Waals surface area contributed by atoms with Crippen molar-refractivity contribution in [3.8, 4) is 0 Å². The highest BCUT2D eigenvalue weighted by Crippen LogP contribution is 2.35. The zero-order chi connectivity index (χ0) is 10.5. The maximum atomic E-state index is 2.56. The summed E-state index contributed by atoms with van der Waals surface area (Å²) in [6, 6.07) is 0. The van der Waals surface area contributed by atoms with Crippen LogP contribution in [0.25, 0.3) is 0 Å². The Labute approximate surface area is 95.1 Å². The van der Waals surface area contributed by atoms with E-state index in [4.69, 9.17) is 0 Å². The molecule has 0 aliphatic heterocycles. The Kier molecular flexibility index (Phi) is 4.29. The van der Waals surface area contributed by atoms with Gasteiger partial charge in [-0.3, -0.25) is 0 Å². The van der Waals surface area contributed by atoms with Crippen molar-refractivity contribution in [3.05, 3.63) is 12.2 Å². The van der Waals surface area contributed by atoms with Crippen LogP contribution in [0.4, 0.5) is 0 Å². The third-order valence-electron chi connectivity index (χ3n) is 4.39. The minimum atomic E-state index is 0.917. The fourth-order valence-electron chi connectivity index (χ4n) is 3.40. The Bertz CT molecular complexity index is 196. The Morgan fingerprint density at radius 3 is 2.40 bits per heavy atom. The van der Waals surface area contributed by atoms with Gasteiger partial charge < -0.3 is 0 Å². The second kappa shape index (κ2) is 5.72. The minimum absolute atomic E-state index is 0.917. The molecule has 0 spiro atoms. The maximum absolute atomic E-state index is 2.56. The third-order valence-corrected chi connectivity index (χ3v) is 4.39. The predicted molar refractivity (Wildman–Crippen MR) is 66.8 cm³/mol. The van der Waals surface area contributed by atoms with E-state index in [1.54, 1.807) is 0 Å². The maximum Gasteiger partial charge on any atom is -0.0203 e. The topological polar surface area (TPSA) is 0 Å². The predicted octanol–water partition coefficient (Wildman–Crippen LogP) is 4.95. The zero-order valence-electron chi connectivity index (χ0n) is 10.3. The quantitative estimate of drug-likeness (QED) is 0.420. The van der Waals surface area contributed by atoms with Gasteiger partial charge in [0.15, 0.2) is 0 Å². The van der Waals surface area contributed by atoms with Crippen LogP contribution >= 0.6 is 0 Å². The van der Waals surface area contributed by atoms with Gasteiger partial charge in [-0.2, -0.15) is 0 Å². The van der Waals surface area contributed by atoms with Crippen LogP contribution in [-0.4, -0.2) is 0 Å². The second-order valence-corrected chi connectivity index (χ2v) is 5.76. The van der Waals surface area contributed by atoms with Crippen molar-refractivity contribution in [2.75, 3.05) is 0 Å². The van der Waals surface area contributed by atoms with Gasteiger partial charge >= 0.3 is 0 Å². The van der Waals surface area contributed by atoms with E-state index in [9.17, 15) is 0 Å². The van der Waals surface area contributed by atoms with Crippen molar-refractivity contribution in [2.24, 2.45) is 17.8 Å². The molecule has 0 N–H and O–H groups in total. The molecule has 2 unspecified atom stereocenters. The molecule has 86 valence electrons. The molecule has 1 saturated carbocycles. The van der Waals surface area contributed by atoms with E-state index in [0.717, 1.165) is 17.8 Å². The van der Waals surface area contributed by atoms with E-state index in [0.29, 0.717) is 0 Å². The molecule has 0 saturated heterocycles. The number of hydrogen-bond donors (Lipinski definition) is 0. The Morgan fingerprint density at radius 1 is 0.933 bits per heavy atom. The molecule has 15 heavy (non-hydrogen) atoms. The largest absolute Gasteiger partial charge is 0.0882 e. The highest BCUT2D eigenvalue weighted by atomic mass is 14.3. The molecule has 0 nitrogen and oxygen atoms in total. The van der Waals surface area contributed by atoms with E-state index in [1.807, 2.05) is 0 Å². The Hall–Kier alpha value is -0.260. The van der Waals surface area contributed by atoms with Crippen LogP contribution in [0.1, 0.15) is 64.7 Å². The lowest BCUT2D eigenvalue weighted by atomic mass is 9.81. The van der Waals surface area contributed by atoms with Gasteiger partial charge in [0.2, 0.25) is 0 Å². The van der Waals surface area contributed by atoms with Crippen LogP contribution in [0.15, 0.2) is 12.2 Å². The summed E-state index contributed by atoms with van der Waals surface area (Å²) >= 11 is 0. The molecule has 0 aromatic heterocycles.